The van der Waals surface area contributed by atoms with E-state index in [1.165, 1.54) is 23.1 Å². The summed E-state index contributed by atoms with van der Waals surface area (Å²) in [7, 11) is 0. The molecule has 19 heavy (non-hydrogen) atoms. The third kappa shape index (κ3) is 2.69. The molecule has 1 aliphatic rings. The first-order valence-corrected chi connectivity index (χ1v) is 6.09. The van der Waals surface area contributed by atoms with E-state index in [0.717, 1.165) is 24.1 Å². The largest absolute Gasteiger partial charge is 0.345 e. The highest BCUT2D eigenvalue weighted by molar-refractivity contribution is 5.85. The number of allylic oxidation sites excluding steroid dienone is 1. The smallest absolute Gasteiger partial charge is 0.0991 e. The van der Waals surface area contributed by atoms with Gasteiger partial charge in [-0.2, -0.15) is 5.26 Å². The molecule has 0 saturated carbocycles. The lowest BCUT2D eigenvalue weighted by Crippen LogP contribution is -2.02. The molecule has 0 amide bonds. The maximum atomic E-state index is 9.00. The topological polar surface area (TPSA) is 52.5 Å². The molecule has 1 heterocycles. The number of aromatic nitrogens is 2. The number of aromatic amines is 1. The van der Waals surface area contributed by atoms with Crippen molar-refractivity contribution in [3.8, 4) is 6.07 Å². The Hall–Kier alpha value is -2.05. The zero-order valence-corrected chi connectivity index (χ0v) is 11.2. The molecule has 0 aliphatic heterocycles. The fourth-order valence-corrected chi connectivity index (χ4v) is 2.45. The lowest BCUT2D eigenvalue weighted by Gasteiger charge is -2.19. The summed E-state index contributed by atoms with van der Waals surface area (Å²) >= 11 is 0. The van der Waals surface area contributed by atoms with Crippen molar-refractivity contribution in [2.75, 3.05) is 0 Å². The second kappa shape index (κ2) is 5.73. The van der Waals surface area contributed by atoms with Crippen LogP contribution in [0.4, 0.5) is 0 Å². The number of benzene rings is 1. The molecule has 1 aliphatic carbocycles. The average molecular weight is 272 g/mol. The van der Waals surface area contributed by atoms with Crippen LogP contribution in [-0.2, 0) is 6.42 Å². The van der Waals surface area contributed by atoms with E-state index in [0.29, 0.717) is 0 Å². The van der Waals surface area contributed by atoms with E-state index < -0.39 is 0 Å². The molecule has 0 unspecified atom stereocenters. The van der Waals surface area contributed by atoms with Gasteiger partial charge in [-0.15, -0.1) is 12.4 Å². The molecule has 3 rings (SSSR count). The van der Waals surface area contributed by atoms with Crippen LogP contribution in [-0.4, -0.2) is 9.97 Å². The quantitative estimate of drug-likeness (QED) is 0.862. The number of H-pyrrole nitrogens is 1. The Kier molecular flexibility index (Phi) is 4.03. The van der Waals surface area contributed by atoms with Crippen LogP contribution in [0.3, 0.4) is 0 Å². The van der Waals surface area contributed by atoms with Gasteiger partial charge in [0.1, 0.15) is 0 Å². The number of nitrogens with one attached hydrogen (secondary N) is 1. The molecule has 96 valence electrons. The van der Waals surface area contributed by atoms with Gasteiger partial charge in [-0.3, -0.25) is 0 Å². The molecule has 0 fully saturated rings. The molecule has 1 aromatic heterocycles. The number of imidazole rings is 1. The van der Waals surface area contributed by atoms with E-state index in [1.807, 2.05) is 18.3 Å². The molecule has 0 spiro atoms. The molecule has 2 aromatic rings. The maximum absolute atomic E-state index is 9.00. The van der Waals surface area contributed by atoms with E-state index in [9.17, 15) is 0 Å². The molecule has 0 atom stereocenters. The van der Waals surface area contributed by atoms with Crippen LogP contribution in [0.2, 0.25) is 0 Å². The zero-order chi connectivity index (χ0) is 12.4. The summed E-state index contributed by atoms with van der Waals surface area (Å²) in [5.41, 5.74) is 5.59. The second-order valence-electron chi connectivity index (χ2n) is 4.51. The van der Waals surface area contributed by atoms with Crippen LogP contribution >= 0.6 is 12.4 Å². The molecule has 1 N–H and O–H groups in total. The summed E-state index contributed by atoms with van der Waals surface area (Å²) in [6.45, 7) is 0. The summed E-state index contributed by atoms with van der Waals surface area (Å²) in [5.74, 6) is 0. The first-order chi connectivity index (χ1) is 8.86. The summed E-state index contributed by atoms with van der Waals surface area (Å²) in [6.07, 6.45) is 8.95. The highest BCUT2D eigenvalue weighted by atomic mass is 35.5. The molecule has 4 heteroatoms. The first-order valence-electron chi connectivity index (χ1n) is 6.09. The van der Waals surface area contributed by atoms with Crippen molar-refractivity contribution < 1.29 is 0 Å². The average Bonchev–Trinajstić information content (AvgIpc) is 2.91. The Labute approximate surface area is 118 Å². The van der Waals surface area contributed by atoms with Gasteiger partial charge in [0.25, 0.3) is 0 Å². The van der Waals surface area contributed by atoms with E-state index in [-0.39, 0.29) is 12.4 Å². The minimum Gasteiger partial charge on any atom is -0.345 e. The number of hydrogen-bond donors (Lipinski definition) is 1. The predicted octanol–water partition coefficient (Wildman–Crippen LogP) is 3.58. The fraction of sp³-hybridized carbons (Fsp3) is 0.200. The molecule has 0 bridgehead atoms. The van der Waals surface area contributed by atoms with Gasteiger partial charge < -0.3 is 4.98 Å². The van der Waals surface area contributed by atoms with Gasteiger partial charge in [0.2, 0.25) is 0 Å². The van der Waals surface area contributed by atoms with Crippen LogP contribution < -0.4 is 0 Å². The van der Waals surface area contributed by atoms with Crippen molar-refractivity contribution in [3.05, 3.63) is 53.1 Å². The number of rotatable bonds is 1. The van der Waals surface area contributed by atoms with Crippen LogP contribution in [0.25, 0.3) is 11.6 Å². The van der Waals surface area contributed by atoms with Crippen molar-refractivity contribution in [1.82, 2.24) is 9.97 Å². The Balaban J connectivity index is 0.00000133. The first kappa shape index (κ1) is 13.4. The van der Waals surface area contributed by atoms with E-state index in [2.05, 4.69) is 28.2 Å². The molecule has 3 nitrogen and oxygen atoms in total. The predicted molar refractivity (Wildman–Crippen MR) is 77.8 cm³/mol. The van der Waals surface area contributed by atoms with Gasteiger partial charge in [-0.25, -0.2) is 4.98 Å². The van der Waals surface area contributed by atoms with Gasteiger partial charge in [-0.05, 0) is 54.2 Å². The monoisotopic (exact) mass is 271 g/mol. The minimum atomic E-state index is 0. The van der Waals surface area contributed by atoms with Crippen molar-refractivity contribution >= 4 is 24.1 Å². The van der Waals surface area contributed by atoms with Crippen molar-refractivity contribution in [2.45, 2.75) is 19.3 Å². The highest BCUT2D eigenvalue weighted by Crippen LogP contribution is 2.32. The Morgan fingerprint density at radius 2 is 2.21 bits per heavy atom. The third-order valence-corrected chi connectivity index (χ3v) is 3.33. The summed E-state index contributed by atoms with van der Waals surface area (Å²) in [6, 6.07) is 8.18. The van der Waals surface area contributed by atoms with Crippen LogP contribution in [0.15, 0.2) is 30.7 Å². The number of hydrogen-bond acceptors (Lipinski definition) is 2. The van der Waals surface area contributed by atoms with Gasteiger partial charge in [0.05, 0.1) is 29.9 Å². The van der Waals surface area contributed by atoms with Gasteiger partial charge in [-0.1, -0.05) is 6.07 Å². The second-order valence-corrected chi connectivity index (χ2v) is 4.51. The SMILES string of the molecule is Cl.N#Cc1ccc2c(c1)C(=Cc1cnc[nH]1)CCC2. The molecular weight excluding hydrogens is 258 g/mol. The van der Waals surface area contributed by atoms with Crippen LogP contribution in [0.5, 0.6) is 0 Å². The molecular formula is C15H14ClN3. The molecule has 0 saturated heterocycles. The maximum Gasteiger partial charge on any atom is 0.0991 e. The Morgan fingerprint density at radius 1 is 1.32 bits per heavy atom. The van der Waals surface area contributed by atoms with Crippen molar-refractivity contribution in [2.24, 2.45) is 0 Å². The number of aryl methyl sites for hydroxylation is 1. The summed E-state index contributed by atoms with van der Waals surface area (Å²) < 4.78 is 0. The highest BCUT2D eigenvalue weighted by Gasteiger charge is 2.14. The molecule has 1 aromatic carbocycles. The third-order valence-electron chi connectivity index (χ3n) is 3.33. The number of halogens is 1. The zero-order valence-electron chi connectivity index (χ0n) is 10.4. The van der Waals surface area contributed by atoms with Crippen LogP contribution in [0, 0.1) is 11.3 Å². The van der Waals surface area contributed by atoms with E-state index >= 15 is 0 Å². The molecule has 0 radical (unpaired) electrons. The van der Waals surface area contributed by atoms with E-state index in [4.69, 9.17) is 5.26 Å². The van der Waals surface area contributed by atoms with Crippen LogP contribution in [0.1, 0.15) is 35.2 Å². The van der Waals surface area contributed by atoms with Gasteiger partial charge in [0, 0.05) is 0 Å². The van der Waals surface area contributed by atoms with E-state index in [1.54, 1.807) is 6.33 Å². The lowest BCUT2D eigenvalue weighted by atomic mass is 9.86. The minimum absolute atomic E-state index is 0. The number of nitriles is 1. The lowest BCUT2D eigenvalue weighted by molar-refractivity contribution is 0.824. The Bertz CT molecular complexity index is 636. The fourth-order valence-electron chi connectivity index (χ4n) is 2.45. The normalized spacial score (nSPS) is 15.4. The Morgan fingerprint density at radius 3 is 2.95 bits per heavy atom. The van der Waals surface area contributed by atoms with Crippen molar-refractivity contribution in [3.63, 3.8) is 0 Å². The van der Waals surface area contributed by atoms with Gasteiger partial charge >= 0.3 is 0 Å². The number of nitrogens with zero attached hydrogens (tertiary/aromatic N) is 2. The van der Waals surface area contributed by atoms with Gasteiger partial charge in [0.15, 0.2) is 0 Å². The van der Waals surface area contributed by atoms with Crippen molar-refractivity contribution in [1.29, 1.82) is 5.26 Å². The summed E-state index contributed by atoms with van der Waals surface area (Å²) in [4.78, 5) is 7.12. The standard InChI is InChI=1S/C15H13N3.ClH/c16-8-11-4-5-12-2-1-3-13(15(12)6-11)7-14-9-17-10-18-14;/h4-7,9-10H,1-3H2,(H,17,18);1H. The summed E-state index contributed by atoms with van der Waals surface area (Å²) in [5, 5.41) is 9.00. The number of fused-ring (bicyclic) bond motifs is 1.